The lowest BCUT2D eigenvalue weighted by molar-refractivity contribution is 1.27. The molecule has 1 N–H and O–H groups in total. The van der Waals surface area contributed by atoms with Crippen molar-refractivity contribution in [3.8, 4) is 11.1 Å². The summed E-state index contributed by atoms with van der Waals surface area (Å²) in [4.78, 5) is 0. The molecule has 2 heterocycles. The van der Waals surface area contributed by atoms with Crippen molar-refractivity contribution in [2.45, 2.75) is 0 Å². The average molecular weight is 419 g/mol. The number of anilines is 2. The third-order valence-electron chi connectivity index (χ3n) is 5.84. The summed E-state index contributed by atoms with van der Waals surface area (Å²) in [6, 6.07) is 37.9. The lowest BCUT2D eigenvalue weighted by atomic mass is 10.0. The Morgan fingerprint density at radius 2 is 1.26 bits per heavy atom. The fraction of sp³-hybridized carbons (Fsp3) is 0. The second-order valence-electron chi connectivity index (χ2n) is 7.66. The van der Waals surface area contributed by atoms with Crippen LogP contribution in [0.15, 0.2) is 109 Å². The maximum absolute atomic E-state index is 6.49. The predicted molar refractivity (Wildman–Crippen MR) is 133 cm³/mol. The smallest absolute Gasteiger partial charge is 0.116 e. The number of fused-ring (bicyclic) bond motifs is 6. The number of benzene rings is 4. The van der Waals surface area contributed by atoms with Crippen molar-refractivity contribution in [2.75, 3.05) is 5.32 Å². The number of halogens is 1. The van der Waals surface area contributed by atoms with E-state index in [9.17, 15) is 0 Å². The number of pyridine rings is 1. The van der Waals surface area contributed by atoms with E-state index in [4.69, 9.17) is 11.6 Å². The van der Waals surface area contributed by atoms with E-state index in [0.29, 0.717) is 5.02 Å². The van der Waals surface area contributed by atoms with Crippen molar-refractivity contribution in [3.05, 3.63) is 114 Å². The first-order valence-electron chi connectivity index (χ1n) is 10.3. The van der Waals surface area contributed by atoms with Crippen LogP contribution in [0.4, 0.5) is 11.5 Å². The van der Waals surface area contributed by atoms with Crippen LogP contribution in [0, 0.1) is 0 Å². The molecule has 0 bridgehead atoms. The van der Waals surface area contributed by atoms with Gasteiger partial charge in [0.1, 0.15) is 5.82 Å². The zero-order valence-corrected chi connectivity index (χ0v) is 17.5. The largest absolute Gasteiger partial charge is 0.340 e. The number of rotatable bonds is 3. The lowest BCUT2D eigenvalue weighted by Gasteiger charge is -2.14. The van der Waals surface area contributed by atoms with Crippen molar-refractivity contribution in [3.63, 3.8) is 0 Å². The minimum atomic E-state index is 0.698. The molecule has 0 spiro atoms. The van der Waals surface area contributed by atoms with Crippen LogP contribution in [-0.2, 0) is 0 Å². The van der Waals surface area contributed by atoms with Gasteiger partial charge >= 0.3 is 0 Å². The van der Waals surface area contributed by atoms with Crippen LogP contribution in [0.1, 0.15) is 0 Å². The molecular formula is C28H19ClN2. The molecule has 31 heavy (non-hydrogen) atoms. The Labute approximate surface area is 185 Å². The molecule has 0 aliphatic carbocycles. The molecule has 3 heteroatoms. The molecule has 2 aromatic heterocycles. The lowest BCUT2D eigenvalue weighted by Crippen LogP contribution is -1.98. The van der Waals surface area contributed by atoms with E-state index >= 15 is 0 Å². The van der Waals surface area contributed by atoms with Gasteiger partial charge in [-0.15, -0.1) is 0 Å². The number of nitrogens with one attached hydrogen (secondary N) is 1. The Bertz CT molecular complexity index is 1560. The highest BCUT2D eigenvalue weighted by Gasteiger charge is 2.18. The molecule has 0 saturated heterocycles. The van der Waals surface area contributed by atoms with Gasteiger partial charge in [-0.25, -0.2) is 0 Å². The van der Waals surface area contributed by atoms with Crippen molar-refractivity contribution in [1.29, 1.82) is 0 Å². The quantitative estimate of drug-likeness (QED) is 0.286. The Hall–Kier alpha value is -3.75. The minimum Gasteiger partial charge on any atom is -0.340 e. The van der Waals surface area contributed by atoms with Crippen LogP contribution < -0.4 is 5.32 Å². The van der Waals surface area contributed by atoms with Crippen LogP contribution >= 0.6 is 11.6 Å². The number of aromatic nitrogens is 1. The van der Waals surface area contributed by atoms with Gasteiger partial charge in [0.15, 0.2) is 0 Å². The molecule has 2 nitrogen and oxygen atoms in total. The fourth-order valence-electron chi connectivity index (χ4n) is 4.48. The second-order valence-corrected chi connectivity index (χ2v) is 8.07. The minimum absolute atomic E-state index is 0.698. The summed E-state index contributed by atoms with van der Waals surface area (Å²) in [5.74, 6) is 0.990. The van der Waals surface area contributed by atoms with E-state index in [1.165, 1.54) is 32.8 Å². The molecule has 0 aliphatic heterocycles. The number of para-hydroxylation sites is 2. The van der Waals surface area contributed by atoms with Gasteiger partial charge in [-0.1, -0.05) is 96.5 Å². The van der Waals surface area contributed by atoms with Crippen molar-refractivity contribution in [2.24, 2.45) is 0 Å². The standard InChI is InChI=1S/C28H19ClN2/c29-24-15-7-8-16-25(24)30-27-18-23(19-10-2-1-3-11-19)28-22-14-5-4-12-20(22)21-13-6-9-17-26(21)31(27)28/h1-18,30H. The normalized spacial score (nSPS) is 11.4. The van der Waals surface area contributed by atoms with E-state index in [2.05, 4.69) is 94.6 Å². The first-order valence-corrected chi connectivity index (χ1v) is 10.7. The number of hydrogen-bond acceptors (Lipinski definition) is 1. The van der Waals surface area contributed by atoms with Gasteiger partial charge in [0, 0.05) is 16.3 Å². The number of hydrogen-bond donors (Lipinski definition) is 1. The maximum atomic E-state index is 6.49. The Morgan fingerprint density at radius 3 is 2.06 bits per heavy atom. The zero-order chi connectivity index (χ0) is 20.8. The molecule has 0 fully saturated rings. The van der Waals surface area contributed by atoms with E-state index in [0.717, 1.165) is 17.0 Å². The SMILES string of the molecule is Clc1ccccc1Nc1cc(-c2ccccc2)c2c3ccccc3c3ccccc3n12. The van der Waals surface area contributed by atoms with Crippen LogP contribution in [0.3, 0.4) is 0 Å². The average Bonchev–Trinajstić information content (AvgIpc) is 3.21. The van der Waals surface area contributed by atoms with Crippen LogP contribution in [-0.4, -0.2) is 4.40 Å². The summed E-state index contributed by atoms with van der Waals surface area (Å²) in [5.41, 5.74) is 5.62. The molecule has 0 aliphatic rings. The predicted octanol–water partition coefficient (Wildman–Crippen LogP) is 8.31. The first kappa shape index (κ1) is 18.1. The molecule has 6 aromatic rings. The fourth-order valence-corrected chi connectivity index (χ4v) is 4.66. The van der Waals surface area contributed by atoms with Gasteiger partial charge in [-0.3, -0.25) is 4.40 Å². The van der Waals surface area contributed by atoms with Gasteiger partial charge in [0.05, 0.1) is 21.7 Å². The summed E-state index contributed by atoms with van der Waals surface area (Å²) < 4.78 is 2.32. The van der Waals surface area contributed by atoms with Crippen LogP contribution in [0.2, 0.25) is 5.02 Å². The molecule has 4 aromatic carbocycles. The van der Waals surface area contributed by atoms with E-state index in [1.807, 2.05) is 24.3 Å². The molecule has 0 atom stereocenters. The van der Waals surface area contributed by atoms with Gasteiger partial charge in [-0.2, -0.15) is 0 Å². The first-order chi connectivity index (χ1) is 15.3. The third-order valence-corrected chi connectivity index (χ3v) is 6.17. The highest BCUT2D eigenvalue weighted by molar-refractivity contribution is 6.33. The second kappa shape index (κ2) is 7.19. The molecule has 6 rings (SSSR count). The van der Waals surface area contributed by atoms with Crippen molar-refractivity contribution in [1.82, 2.24) is 4.40 Å². The zero-order valence-electron chi connectivity index (χ0n) is 16.7. The van der Waals surface area contributed by atoms with Gasteiger partial charge < -0.3 is 5.32 Å². The summed E-state index contributed by atoms with van der Waals surface area (Å²) >= 11 is 6.49. The summed E-state index contributed by atoms with van der Waals surface area (Å²) in [7, 11) is 0. The highest BCUT2D eigenvalue weighted by atomic mass is 35.5. The van der Waals surface area contributed by atoms with Gasteiger partial charge in [0.2, 0.25) is 0 Å². The summed E-state index contributed by atoms with van der Waals surface area (Å²) in [6.45, 7) is 0. The monoisotopic (exact) mass is 418 g/mol. The Balaban J connectivity index is 1.78. The van der Waals surface area contributed by atoms with E-state index in [1.54, 1.807) is 0 Å². The topological polar surface area (TPSA) is 16.4 Å². The molecular weight excluding hydrogens is 400 g/mol. The Kier molecular flexibility index (Phi) is 4.19. The van der Waals surface area contributed by atoms with Gasteiger partial charge in [-0.05, 0) is 35.2 Å². The van der Waals surface area contributed by atoms with E-state index in [-0.39, 0.29) is 0 Å². The molecule has 0 saturated carbocycles. The molecule has 0 amide bonds. The van der Waals surface area contributed by atoms with Crippen LogP contribution in [0.5, 0.6) is 0 Å². The Morgan fingerprint density at radius 1 is 0.613 bits per heavy atom. The van der Waals surface area contributed by atoms with Gasteiger partial charge in [0.25, 0.3) is 0 Å². The van der Waals surface area contributed by atoms with Crippen molar-refractivity contribution >= 4 is 50.3 Å². The van der Waals surface area contributed by atoms with Crippen molar-refractivity contribution < 1.29 is 0 Å². The van der Waals surface area contributed by atoms with Crippen LogP contribution in [0.25, 0.3) is 38.3 Å². The highest BCUT2D eigenvalue weighted by Crippen LogP contribution is 2.40. The number of nitrogens with zero attached hydrogens (tertiary/aromatic N) is 1. The molecule has 0 unspecified atom stereocenters. The summed E-state index contributed by atoms with van der Waals surface area (Å²) in [5, 5.41) is 8.00. The maximum Gasteiger partial charge on any atom is 0.116 e. The molecule has 148 valence electrons. The third kappa shape index (κ3) is 2.88. The van der Waals surface area contributed by atoms with E-state index < -0.39 is 0 Å². The molecule has 0 radical (unpaired) electrons. The summed E-state index contributed by atoms with van der Waals surface area (Å²) in [6.07, 6.45) is 0.